The van der Waals surface area contributed by atoms with Crippen LogP contribution in [0.5, 0.6) is 0 Å². The van der Waals surface area contributed by atoms with Crippen molar-refractivity contribution in [2.45, 2.75) is 0 Å². The fraction of sp³-hybridized carbons (Fsp3) is 0. The van der Waals surface area contributed by atoms with Gasteiger partial charge in [-0.05, 0) is 30.4 Å². The summed E-state index contributed by atoms with van der Waals surface area (Å²) >= 11 is 10.2. The molecule has 0 bridgehead atoms. The number of hydrogen-bond donors (Lipinski definition) is 3. The van der Waals surface area contributed by atoms with Crippen LogP contribution in [0.2, 0.25) is 0 Å². The highest BCUT2D eigenvalue weighted by atomic mass is 32.1. The van der Waals surface area contributed by atoms with E-state index >= 15 is 0 Å². The number of hydrogen-bond acceptors (Lipinski definition) is 2. The standard InChI is InChI=1S/C10H6FN3S2/c11-4-1-2-6-5(3-4)7-8(12-6)13-10(16)14-9(7)15/h1-3H,(H3,12,13,14,15,16). The summed E-state index contributed by atoms with van der Waals surface area (Å²) in [7, 11) is 0. The fourth-order valence-corrected chi connectivity index (χ4v) is 2.39. The summed E-state index contributed by atoms with van der Waals surface area (Å²) < 4.78 is 14.1. The van der Waals surface area contributed by atoms with Crippen molar-refractivity contribution in [3.63, 3.8) is 0 Å². The number of halogens is 1. The predicted octanol–water partition coefficient (Wildman–Crippen LogP) is 3.58. The molecule has 0 unspecified atom stereocenters. The second-order valence-electron chi connectivity index (χ2n) is 3.47. The molecule has 0 saturated carbocycles. The van der Waals surface area contributed by atoms with Crippen LogP contribution < -0.4 is 0 Å². The third kappa shape index (κ3) is 1.30. The van der Waals surface area contributed by atoms with E-state index in [1.807, 2.05) is 0 Å². The normalized spacial score (nSPS) is 11.3. The molecule has 3 rings (SSSR count). The van der Waals surface area contributed by atoms with E-state index in [-0.39, 0.29) is 5.82 Å². The quantitative estimate of drug-likeness (QED) is 0.535. The SMILES string of the molecule is Fc1ccc2[nH]c3[nH]c(=S)[nH]c(=S)c3c2c1. The monoisotopic (exact) mass is 251 g/mol. The summed E-state index contributed by atoms with van der Waals surface area (Å²) in [5.41, 5.74) is 1.54. The van der Waals surface area contributed by atoms with E-state index < -0.39 is 0 Å². The zero-order valence-electron chi connectivity index (χ0n) is 7.93. The van der Waals surface area contributed by atoms with Crippen molar-refractivity contribution < 1.29 is 4.39 Å². The molecule has 2 heterocycles. The Bertz CT molecular complexity index is 812. The Balaban J connectivity index is 2.68. The molecule has 0 aliphatic rings. The van der Waals surface area contributed by atoms with Crippen molar-refractivity contribution >= 4 is 46.4 Å². The van der Waals surface area contributed by atoms with Crippen molar-refractivity contribution in [2.24, 2.45) is 0 Å². The van der Waals surface area contributed by atoms with Gasteiger partial charge in [-0.1, -0.05) is 12.2 Å². The van der Waals surface area contributed by atoms with Crippen molar-refractivity contribution in [1.29, 1.82) is 0 Å². The van der Waals surface area contributed by atoms with Crippen LogP contribution in [0.15, 0.2) is 18.2 Å². The highest BCUT2D eigenvalue weighted by Gasteiger charge is 2.07. The lowest BCUT2D eigenvalue weighted by Crippen LogP contribution is -1.83. The number of benzene rings is 1. The number of aromatic amines is 3. The Labute approximate surface area is 99.3 Å². The molecule has 0 radical (unpaired) electrons. The lowest BCUT2D eigenvalue weighted by atomic mass is 10.2. The molecule has 0 atom stereocenters. The second kappa shape index (κ2) is 3.23. The van der Waals surface area contributed by atoms with Crippen molar-refractivity contribution in [1.82, 2.24) is 15.0 Å². The Kier molecular flexibility index (Phi) is 1.95. The molecule has 16 heavy (non-hydrogen) atoms. The lowest BCUT2D eigenvalue weighted by molar-refractivity contribution is 0.630. The fourth-order valence-electron chi connectivity index (χ4n) is 1.80. The van der Waals surface area contributed by atoms with Gasteiger partial charge in [0.1, 0.15) is 16.1 Å². The Hall–Kier alpha value is -1.53. The van der Waals surface area contributed by atoms with Crippen LogP contribution in [-0.2, 0) is 0 Å². The summed E-state index contributed by atoms with van der Waals surface area (Å²) in [6, 6.07) is 4.53. The topological polar surface area (TPSA) is 47.4 Å². The third-order valence-corrected chi connectivity index (χ3v) is 2.96. The van der Waals surface area contributed by atoms with Crippen molar-refractivity contribution in [3.8, 4) is 0 Å². The van der Waals surface area contributed by atoms with Crippen LogP contribution in [0.1, 0.15) is 0 Å². The van der Waals surface area contributed by atoms with E-state index in [2.05, 4.69) is 15.0 Å². The first-order chi connectivity index (χ1) is 7.65. The van der Waals surface area contributed by atoms with E-state index in [1.54, 1.807) is 6.07 Å². The van der Waals surface area contributed by atoms with Crippen molar-refractivity contribution in [2.75, 3.05) is 0 Å². The Morgan fingerprint density at radius 2 is 1.88 bits per heavy atom. The Morgan fingerprint density at radius 3 is 2.69 bits per heavy atom. The Morgan fingerprint density at radius 1 is 1.06 bits per heavy atom. The maximum atomic E-state index is 13.2. The average molecular weight is 251 g/mol. The van der Waals surface area contributed by atoms with E-state index in [1.165, 1.54) is 12.1 Å². The summed E-state index contributed by atoms with van der Waals surface area (Å²) in [5.74, 6) is -0.287. The number of fused-ring (bicyclic) bond motifs is 3. The maximum absolute atomic E-state index is 13.2. The van der Waals surface area contributed by atoms with Crippen LogP contribution in [0.3, 0.4) is 0 Å². The molecular weight excluding hydrogens is 245 g/mol. The first-order valence-electron chi connectivity index (χ1n) is 4.59. The van der Waals surface area contributed by atoms with Crippen LogP contribution in [-0.4, -0.2) is 15.0 Å². The van der Waals surface area contributed by atoms with E-state index in [0.29, 0.717) is 15.1 Å². The predicted molar refractivity (Wildman–Crippen MR) is 66.1 cm³/mol. The van der Waals surface area contributed by atoms with Gasteiger partial charge in [0.05, 0.1) is 5.39 Å². The highest BCUT2D eigenvalue weighted by Crippen LogP contribution is 2.24. The van der Waals surface area contributed by atoms with Crippen molar-refractivity contribution in [3.05, 3.63) is 33.4 Å². The molecule has 0 aliphatic heterocycles. The highest BCUT2D eigenvalue weighted by molar-refractivity contribution is 7.72. The summed E-state index contributed by atoms with van der Waals surface area (Å²) in [6.07, 6.45) is 0. The smallest absolute Gasteiger partial charge is 0.177 e. The van der Waals surface area contributed by atoms with Gasteiger partial charge in [-0.15, -0.1) is 0 Å². The van der Waals surface area contributed by atoms with Crippen LogP contribution in [0.4, 0.5) is 4.39 Å². The summed E-state index contributed by atoms with van der Waals surface area (Å²) in [5, 5.41) is 1.51. The zero-order chi connectivity index (χ0) is 11.3. The van der Waals surface area contributed by atoms with Gasteiger partial charge in [-0.3, -0.25) is 0 Å². The largest absolute Gasteiger partial charge is 0.341 e. The van der Waals surface area contributed by atoms with E-state index in [4.69, 9.17) is 24.4 Å². The van der Waals surface area contributed by atoms with Crippen LogP contribution in [0, 0.1) is 15.2 Å². The van der Waals surface area contributed by atoms with Gasteiger partial charge in [0, 0.05) is 10.9 Å². The maximum Gasteiger partial charge on any atom is 0.177 e. The van der Waals surface area contributed by atoms with Gasteiger partial charge in [0.15, 0.2) is 4.77 Å². The minimum atomic E-state index is -0.287. The minimum Gasteiger partial charge on any atom is -0.341 e. The average Bonchev–Trinajstić information content (AvgIpc) is 2.54. The van der Waals surface area contributed by atoms with Crippen LogP contribution in [0.25, 0.3) is 21.9 Å². The first kappa shape index (κ1) is 9.68. The van der Waals surface area contributed by atoms with Gasteiger partial charge >= 0.3 is 0 Å². The molecule has 6 heteroatoms. The molecule has 80 valence electrons. The lowest BCUT2D eigenvalue weighted by Gasteiger charge is -1.92. The third-order valence-electron chi connectivity index (χ3n) is 2.45. The number of rotatable bonds is 0. The second-order valence-corrected chi connectivity index (χ2v) is 4.29. The van der Waals surface area contributed by atoms with Gasteiger partial charge in [-0.25, -0.2) is 4.39 Å². The minimum absolute atomic E-state index is 0.287. The molecule has 0 fully saturated rings. The van der Waals surface area contributed by atoms with Gasteiger partial charge in [0.2, 0.25) is 0 Å². The molecule has 0 amide bonds. The molecule has 1 aromatic carbocycles. The van der Waals surface area contributed by atoms with E-state index in [0.717, 1.165) is 16.3 Å². The molecule has 0 spiro atoms. The zero-order valence-corrected chi connectivity index (χ0v) is 9.56. The molecule has 3 N–H and O–H groups in total. The number of aromatic nitrogens is 3. The first-order valence-corrected chi connectivity index (χ1v) is 5.40. The number of nitrogens with one attached hydrogen (secondary N) is 3. The molecule has 3 aromatic rings. The summed E-state index contributed by atoms with van der Waals surface area (Å²) in [6.45, 7) is 0. The van der Waals surface area contributed by atoms with Gasteiger partial charge in [-0.2, -0.15) is 0 Å². The number of H-pyrrole nitrogens is 3. The van der Waals surface area contributed by atoms with E-state index in [9.17, 15) is 4.39 Å². The van der Waals surface area contributed by atoms with Crippen LogP contribution >= 0.6 is 24.4 Å². The van der Waals surface area contributed by atoms with Gasteiger partial charge in [0.25, 0.3) is 0 Å². The summed E-state index contributed by atoms with van der Waals surface area (Å²) in [4.78, 5) is 8.91. The molecule has 3 nitrogen and oxygen atoms in total. The molecule has 0 aliphatic carbocycles. The molecule has 2 aromatic heterocycles. The van der Waals surface area contributed by atoms with Gasteiger partial charge < -0.3 is 15.0 Å². The molecular formula is C10H6FN3S2. The molecule has 0 saturated heterocycles.